The standard InChI is InChI=1S/C41H51F2N5O5/c1-39(2,3)35(34-29(24-27-14-11-10-12-15-27)26-48(46-34)33-25-30(42)18-21-32(33)43)47(23-13-22-44-37(50)52-40(4,5)6)36(49)28-16-19-31(20-17-28)45-38(51)53-41(7,8)9/h10-12,14-21,25-26,35H,13,22-24H2,1-9H3,(H,44,50)(H,45,51)/t35-/m0/s1. The van der Waals surface area contributed by atoms with Crippen molar-refractivity contribution in [2.45, 2.75) is 92.4 Å². The molecule has 0 radical (unpaired) electrons. The zero-order valence-corrected chi connectivity index (χ0v) is 32.1. The van der Waals surface area contributed by atoms with Gasteiger partial charge in [0.15, 0.2) is 0 Å². The van der Waals surface area contributed by atoms with Gasteiger partial charge in [-0.3, -0.25) is 10.1 Å². The number of hydrogen-bond donors (Lipinski definition) is 2. The largest absolute Gasteiger partial charge is 0.444 e. The Morgan fingerprint density at radius 2 is 1.45 bits per heavy atom. The summed E-state index contributed by atoms with van der Waals surface area (Å²) in [6, 6.07) is 18.7. The molecule has 3 amide bonds. The molecule has 0 aliphatic carbocycles. The van der Waals surface area contributed by atoms with Gasteiger partial charge in [-0.05, 0) is 95.3 Å². The quantitative estimate of drug-likeness (QED) is 0.149. The summed E-state index contributed by atoms with van der Waals surface area (Å²) in [6.45, 7) is 17.0. The van der Waals surface area contributed by atoms with Crippen molar-refractivity contribution in [2.24, 2.45) is 5.41 Å². The van der Waals surface area contributed by atoms with E-state index in [2.05, 4.69) is 10.6 Å². The van der Waals surface area contributed by atoms with Gasteiger partial charge in [0.05, 0.1) is 11.7 Å². The summed E-state index contributed by atoms with van der Waals surface area (Å²) in [6.07, 6.45) is 1.26. The van der Waals surface area contributed by atoms with Crippen LogP contribution in [0.3, 0.4) is 0 Å². The van der Waals surface area contributed by atoms with Crippen molar-refractivity contribution in [2.75, 3.05) is 18.4 Å². The van der Waals surface area contributed by atoms with Crippen molar-refractivity contribution in [3.8, 4) is 5.69 Å². The summed E-state index contributed by atoms with van der Waals surface area (Å²) >= 11 is 0. The van der Waals surface area contributed by atoms with E-state index >= 15 is 4.39 Å². The van der Waals surface area contributed by atoms with Crippen LogP contribution in [0.15, 0.2) is 79.0 Å². The monoisotopic (exact) mass is 731 g/mol. The Bertz CT molecular complexity index is 1870. The number of halogens is 2. The van der Waals surface area contributed by atoms with Gasteiger partial charge in [0.25, 0.3) is 5.91 Å². The van der Waals surface area contributed by atoms with E-state index in [9.17, 15) is 18.8 Å². The first-order valence-electron chi connectivity index (χ1n) is 17.7. The van der Waals surface area contributed by atoms with Crippen LogP contribution in [0.1, 0.15) is 102 Å². The van der Waals surface area contributed by atoms with Gasteiger partial charge >= 0.3 is 12.2 Å². The fourth-order valence-corrected chi connectivity index (χ4v) is 5.80. The lowest BCUT2D eigenvalue weighted by Crippen LogP contribution is -2.43. The lowest BCUT2D eigenvalue weighted by Gasteiger charge is -2.40. The molecule has 12 heteroatoms. The molecule has 0 fully saturated rings. The number of carbonyl (C=O) groups is 3. The number of anilines is 1. The van der Waals surface area contributed by atoms with Crippen molar-refractivity contribution in [3.05, 3.63) is 113 Å². The topological polar surface area (TPSA) is 115 Å². The van der Waals surface area contributed by atoms with Gasteiger partial charge in [0.1, 0.15) is 28.5 Å². The van der Waals surface area contributed by atoms with Gasteiger partial charge in [0.2, 0.25) is 0 Å². The fourth-order valence-electron chi connectivity index (χ4n) is 5.80. The van der Waals surface area contributed by atoms with Crippen LogP contribution in [0.25, 0.3) is 5.69 Å². The van der Waals surface area contributed by atoms with Crippen LogP contribution in [0.2, 0.25) is 0 Å². The van der Waals surface area contributed by atoms with Crippen LogP contribution >= 0.6 is 0 Å². The molecule has 0 saturated heterocycles. The average molecular weight is 732 g/mol. The molecule has 0 aliphatic rings. The molecule has 1 aromatic heterocycles. The number of nitrogens with zero attached hydrogens (tertiary/aromatic N) is 3. The maximum atomic E-state index is 15.2. The highest BCUT2D eigenvalue weighted by atomic mass is 19.1. The van der Waals surface area contributed by atoms with Gasteiger partial charge in [-0.1, -0.05) is 51.1 Å². The number of ether oxygens (including phenoxy) is 2. The van der Waals surface area contributed by atoms with Crippen molar-refractivity contribution in [3.63, 3.8) is 0 Å². The van der Waals surface area contributed by atoms with Crippen molar-refractivity contribution < 1.29 is 32.6 Å². The summed E-state index contributed by atoms with van der Waals surface area (Å²) in [5, 5.41) is 10.3. The predicted octanol–water partition coefficient (Wildman–Crippen LogP) is 9.23. The molecule has 0 saturated carbocycles. The molecule has 284 valence electrons. The van der Waals surface area contributed by atoms with Gasteiger partial charge in [-0.25, -0.2) is 23.1 Å². The Hall–Kier alpha value is -5.26. The minimum absolute atomic E-state index is 0.0641. The van der Waals surface area contributed by atoms with E-state index in [1.807, 2.05) is 51.1 Å². The van der Waals surface area contributed by atoms with Crippen LogP contribution in [0.4, 0.5) is 24.1 Å². The highest BCUT2D eigenvalue weighted by Gasteiger charge is 2.39. The molecule has 53 heavy (non-hydrogen) atoms. The summed E-state index contributed by atoms with van der Waals surface area (Å²) < 4.78 is 41.7. The van der Waals surface area contributed by atoms with E-state index in [-0.39, 0.29) is 24.7 Å². The Morgan fingerprint density at radius 3 is 2.06 bits per heavy atom. The van der Waals surface area contributed by atoms with Crippen LogP contribution < -0.4 is 10.6 Å². The highest BCUT2D eigenvalue weighted by molar-refractivity contribution is 5.95. The second-order valence-electron chi connectivity index (χ2n) is 16.0. The third-order valence-electron chi connectivity index (χ3n) is 7.89. The summed E-state index contributed by atoms with van der Waals surface area (Å²) in [5.74, 6) is -1.60. The maximum Gasteiger partial charge on any atom is 0.412 e. The predicted molar refractivity (Wildman–Crippen MR) is 201 cm³/mol. The number of benzene rings is 3. The van der Waals surface area contributed by atoms with Gasteiger partial charge < -0.3 is 19.7 Å². The van der Waals surface area contributed by atoms with E-state index in [0.717, 1.165) is 29.3 Å². The second kappa shape index (κ2) is 16.6. The van der Waals surface area contributed by atoms with Crippen LogP contribution in [0, 0.1) is 17.0 Å². The van der Waals surface area contributed by atoms with Crippen LogP contribution in [-0.4, -0.2) is 57.1 Å². The third kappa shape index (κ3) is 11.9. The smallest absolute Gasteiger partial charge is 0.412 e. The minimum Gasteiger partial charge on any atom is -0.444 e. The molecule has 0 spiro atoms. The van der Waals surface area contributed by atoms with Gasteiger partial charge in [0, 0.05) is 48.6 Å². The first kappa shape index (κ1) is 40.5. The van der Waals surface area contributed by atoms with Crippen molar-refractivity contribution in [1.82, 2.24) is 20.0 Å². The Labute approximate surface area is 310 Å². The average Bonchev–Trinajstić information content (AvgIpc) is 3.44. The fraction of sp³-hybridized carbons (Fsp3) is 0.415. The van der Waals surface area contributed by atoms with Crippen LogP contribution in [0.5, 0.6) is 0 Å². The molecule has 0 bridgehead atoms. The van der Waals surface area contributed by atoms with E-state index < -0.39 is 46.5 Å². The Morgan fingerprint density at radius 1 is 0.830 bits per heavy atom. The first-order chi connectivity index (χ1) is 24.7. The van der Waals surface area contributed by atoms with Gasteiger partial charge in [-0.15, -0.1) is 0 Å². The molecular weight excluding hydrogens is 680 g/mol. The second-order valence-corrected chi connectivity index (χ2v) is 16.0. The molecule has 4 rings (SSSR count). The Balaban J connectivity index is 1.77. The molecule has 0 unspecified atom stereocenters. The number of aromatic nitrogens is 2. The van der Waals surface area contributed by atoms with Crippen LogP contribution in [-0.2, 0) is 15.9 Å². The molecule has 0 aliphatic heterocycles. The van der Waals surface area contributed by atoms with E-state index in [4.69, 9.17) is 14.6 Å². The van der Waals surface area contributed by atoms with Crippen molar-refractivity contribution >= 4 is 23.8 Å². The maximum absolute atomic E-state index is 15.2. The molecule has 4 aromatic rings. The number of carbonyl (C=O) groups excluding carboxylic acids is 3. The molecule has 1 heterocycles. The SMILES string of the molecule is CC(C)(C)OC(=O)NCCCN(C(=O)c1ccc(NC(=O)OC(C)(C)C)cc1)[C@@H](c1nn(-c2cc(F)ccc2F)cc1Cc1ccccc1)C(C)(C)C. The molecular formula is C41H51F2N5O5. The molecule has 2 N–H and O–H groups in total. The van der Waals surface area contributed by atoms with E-state index in [1.165, 1.54) is 4.68 Å². The summed E-state index contributed by atoms with van der Waals surface area (Å²) in [5.41, 5.74) is 0.933. The van der Waals surface area contributed by atoms with E-state index in [0.29, 0.717) is 29.8 Å². The number of alkyl carbamates (subject to hydrolysis) is 1. The molecule has 3 aromatic carbocycles. The minimum atomic E-state index is -0.687. The van der Waals surface area contributed by atoms with Crippen molar-refractivity contribution in [1.29, 1.82) is 0 Å². The number of amides is 3. The zero-order valence-electron chi connectivity index (χ0n) is 32.1. The molecule has 10 nitrogen and oxygen atoms in total. The van der Waals surface area contributed by atoms with E-state index in [1.54, 1.807) is 76.9 Å². The highest BCUT2D eigenvalue weighted by Crippen LogP contribution is 2.41. The molecule has 1 atom stereocenters. The lowest BCUT2D eigenvalue weighted by atomic mass is 9.81. The van der Waals surface area contributed by atoms with Gasteiger partial charge in [-0.2, -0.15) is 5.10 Å². The summed E-state index contributed by atoms with van der Waals surface area (Å²) in [4.78, 5) is 41.2. The zero-order chi connectivity index (χ0) is 39.1. The summed E-state index contributed by atoms with van der Waals surface area (Å²) in [7, 11) is 0. The number of nitrogens with one attached hydrogen (secondary N) is 2. The number of rotatable bonds is 11. The Kier molecular flexibility index (Phi) is 12.7. The number of hydrogen-bond acceptors (Lipinski definition) is 6. The third-order valence-corrected chi connectivity index (χ3v) is 7.89. The normalized spacial score (nSPS) is 12.5. The lowest BCUT2D eigenvalue weighted by molar-refractivity contribution is 0.0478. The first-order valence-corrected chi connectivity index (χ1v) is 17.7.